The van der Waals surface area contributed by atoms with Crippen molar-refractivity contribution in [3.8, 4) is 0 Å². The second kappa shape index (κ2) is 5.40. The van der Waals surface area contributed by atoms with Crippen LogP contribution in [0.15, 0.2) is 6.33 Å². The molecule has 2 N–H and O–H groups in total. The Labute approximate surface area is 95.8 Å². The molecule has 0 saturated heterocycles. The average Bonchev–Trinajstić information content (AvgIpc) is 2.63. The maximum Gasteiger partial charge on any atom is 0.166 e. The minimum Gasteiger partial charge on any atom is -0.321 e. The van der Waals surface area contributed by atoms with Gasteiger partial charge in [-0.05, 0) is 13.3 Å². The maximum atomic E-state index is 11.5. The second-order valence-corrected chi connectivity index (χ2v) is 6.11. The Morgan fingerprint density at radius 1 is 1.50 bits per heavy atom. The molecule has 0 spiro atoms. The molecule has 6 nitrogen and oxygen atoms in total. The van der Waals surface area contributed by atoms with Crippen LogP contribution in [0.2, 0.25) is 0 Å². The van der Waals surface area contributed by atoms with Gasteiger partial charge in [0.2, 0.25) is 0 Å². The topological polar surface area (TPSA) is 90.9 Å². The number of sulfone groups is 1. The Balaban J connectivity index is 2.55. The summed E-state index contributed by atoms with van der Waals surface area (Å²) in [7, 11) is -2.96. The number of nitrogens with two attached hydrogens (primary N) is 1. The van der Waals surface area contributed by atoms with E-state index in [9.17, 15) is 8.42 Å². The van der Waals surface area contributed by atoms with E-state index in [2.05, 4.69) is 10.1 Å². The highest BCUT2D eigenvalue weighted by molar-refractivity contribution is 7.91. The van der Waals surface area contributed by atoms with E-state index in [1.165, 1.54) is 11.0 Å². The summed E-state index contributed by atoms with van der Waals surface area (Å²) in [4.78, 5) is 3.99. The molecule has 0 aromatic carbocycles. The molecule has 16 heavy (non-hydrogen) atoms. The van der Waals surface area contributed by atoms with E-state index in [4.69, 9.17) is 5.73 Å². The average molecular weight is 246 g/mol. The molecule has 0 radical (unpaired) electrons. The van der Waals surface area contributed by atoms with Crippen molar-refractivity contribution in [2.75, 3.05) is 11.5 Å². The number of hydrogen-bond acceptors (Lipinski definition) is 5. The number of rotatable bonds is 6. The molecule has 92 valence electrons. The van der Waals surface area contributed by atoms with Crippen molar-refractivity contribution in [2.45, 2.75) is 32.9 Å². The molecule has 0 aliphatic heterocycles. The van der Waals surface area contributed by atoms with Gasteiger partial charge in [0, 0.05) is 5.75 Å². The lowest BCUT2D eigenvalue weighted by atomic mass is 10.4. The number of aromatic nitrogens is 3. The minimum atomic E-state index is -2.96. The molecule has 7 heteroatoms. The quantitative estimate of drug-likeness (QED) is 0.770. The fourth-order valence-corrected chi connectivity index (χ4v) is 2.56. The smallest absolute Gasteiger partial charge is 0.166 e. The van der Waals surface area contributed by atoms with Crippen LogP contribution in [0.1, 0.15) is 32.1 Å². The molecule has 1 rings (SSSR count). The number of aryl methyl sites for hydroxylation is 1. The van der Waals surface area contributed by atoms with Crippen molar-refractivity contribution in [1.29, 1.82) is 0 Å². The first-order chi connectivity index (χ1) is 7.44. The molecule has 0 bridgehead atoms. The summed E-state index contributed by atoms with van der Waals surface area (Å²) in [6.07, 6.45) is 2.16. The van der Waals surface area contributed by atoms with Crippen LogP contribution in [0.3, 0.4) is 0 Å². The third-order valence-electron chi connectivity index (χ3n) is 2.11. The van der Waals surface area contributed by atoms with Gasteiger partial charge >= 0.3 is 0 Å². The molecule has 0 fully saturated rings. The Hall–Kier alpha value is -0.950. The van der Waals surface area contributed by atoms with Gasteiger partial charge in [-0.2, -0.15) is 5.10 Å². The summed E-state index contributed by atoms with van der Waals surface area (Å²) in [6.45, 7) is 3.97. The molecule has 1 aromatic heterocycles. The molecular formula is C9H18N4O2S. The van der Waals surface area contributed by atoms with Crippen molar-refractivity contribution >= 4 is 9.84 Å². The van der Waals surface area contributed by atoms with Crippen LogP contribution >= 0.6 is 0 Å². The van der Waals surface area contributed by atoms with Crippen molar-refractivity contribution in [2.24, 2.45) is 5.73 Å². The van der Waals surface area contributed by atoms with Crippen LogP contribution in [0, 0.1) is 0 Å². The Kier molecular flexibility index (Phi) is 4.43. The summed E-state index contributed by atoms with van der Waals surface area (Å²) in [5, 5.41) is 4.09. The van der Waals surface area contributed by atoms with Crippen LogP contribution in [0.25, 0.3) is 0 Å². The van der Waals surface area contributed by atoms with Crippen LogP contribution < -0.4 is 5.73 Å². The van der Waals surface area contributed by atoms with Gasteiger partial charge in [-0.3, -0.25) is 4.68 Å². The van der Waals surface area contributed by atoms with Gasteiger partial charge in [0.05, 0.1) is 18.3 Å². The van der Waals surface area contributed by atoms with E-state index in [1.54, 1.807) is 6.92 Å². The zero-order valence-corrected chi connectivity index (χ0v) is 10.4. The number of nitrogens with zero attached hydrogens (tertiary/aromatic N) is 3. The van der Waals surface area contributed by atoms with E-state index in [0.717, 1.165) is 0 Å². The molecule has 0 aliphatic carbocycles. The van der Waals surface area contributed by atoms with Crippen LogP contribution in [0.5, 0.6) is 0 Å². The van der Waals surface area contributed by atoms with Crippen LogP contribution in [0.4, 0.5) is 0 Å². The molecule has 1 atom stereocenters. The molecule has 1 unspecified atom stereocenters. The zero-order chi connectivity index (χ0) is 12.2. The summed E-state index contributed by atoms with van der Waals surface area (Å²) in [5.74, 6) is 0.859. The lowest BCUT2D eigenvalue weighted by molar-refractivity contribution is 0.576. The summed E-state index contributed by atoms with van der Waals surface area (Å²) in [6, 6.07) is -0.228. The van der Waals surface area contributed by atoms with E-state index in [-0.39, 0.29) is 17.5 Å². The lowest BCUT2D eigenvalue weighted by Gasteiger charge is -2.02. The van der Waals surface area contributed by atoms with E-state index >= 15 is 0 Å². The zero-order valence-electron chi connectivity index (χ0n) is 9.63. The third-order valence-corrected chi connectivity index (χ3v) is 3.94. The monoisotopic (exact) mass is 246 g/mol. The van der Waals surface area contributed by atoms with Gasteiger partial charge in [0.15, 0.2) is 15.7 Å². The molecule has 0 amide bonds. The van der Waals surface area contributed by atoms with Gasteiger partial charge in [-0.25, -0.2) is 13.4 Å². The Morgan fingerprint density at radius 2 is 2.19 bits per heavy atom. The SMILES string of the molecule is CCCS(=O)(=O)CCn1cnc(C(C)N)n1. The fraction of sp³-hybridized carbons (Fsp3) is 0.778. The first-order valence-corrected chi connectivity index (χ1v) is 7.12. The molecule has 1 aromatic rings. The van der Waals surface area contributed by atoms with Gasteiger partial charge in [0.25, 0.3) is 0 Å². The molecule has 1 heterocycles. The molecule has 0 saturated carbocycles. The van der Waals surface area contributed by atoms with Crippen molar-refractivity contribution in [1.82, 2.24) is 14.8 Å². The standard InChI is InChI=1S/C9H18N4O2S/c1-3-5-16(14,15)6-4-13-7-11-9(12-13)8(2)10/h7-8H,3-6,10H2,1-2H3. The number of hydrogen-bond donors (Lipinski definition) is 1. The van der Waals surface area contributed by atoms with Gasteiger partial charge < -0.3 is 5.73 Å². The van der Waals surface area contributed by atoms with Crippen LogP contribution in [-0.2, 0) is 16.4 Å². The highest BCUT2D eigenvalue weighted by atomic mass is 32.2. The molecular weight excluding hydrogens is 228 g/mol. The summed E-state index contributed by atoms with van der Waals surface area (Å²) < 4.78 is 24.4. The van der Waals surface area contributed by atoms with Crippen molar-refractivity contribution in [3.05, 3.63) is 12.2 Å². The van der Waals surface area contributed by atoms with E-state index in [0.29, 0.717) is 18.8 Å². The Bertz CT molecular complexity index is 424. The largest absolute Gasteiger partial charge is 0.321 e. The third kappa shape index (κ3) is 3.90. The lowest BCUT2D eigenvalue weighted by Crippen LogP contribution is -2.16. The second-order valence-electron chi connectivity index (χ2n) is 3.81. The Morgan fingerprint density at radius 3 is 2.69 bits per heavy atom. The maximum absolute atomic E-state index is 11.5. The highest BCUT2D eigenvalue weighted by Gasteiger charge is 2.11. The highest BCUT2D eigenvalue weighted by Crippen LogP contribution is 2.01. The van der Waals surface area contributed by atoms with Crippen molar-refractivity contribution in [3.63, 3.8) is 0 Å². The van der Waals surface area contributed by atoms with Crippen molar-refractivity contribution < 1.29 is 8.42 Å². The fourth-order valence-electron chi connectivity index (χ4n) is 1.27. The van der Waals surface area contributed by atoms with Crippen LogP contribution in [-0.4, -0.2) is 34.7 Å². The minimum absolute atomic E-state index is 0.0998. The first kappa shape index (κ1) is 13.1. The molecule has 0 aliphatic rings. The normalized spacial score (nSPS) is 13.9. The predicted octanol–water partition coefficient (Wildman–Crippen LogP) is 0.123. The summed E-state index contributed by atoms with van der Waals surface area (Å²) in [5.41, 5.74) is 5.60. The van der Waals surface area contributed by atoms with Gasteiger partial charge in [-0.15, -0.1) is 0 Å². The summed E-state index contributed by atoms with van der Waals surface area (Å²) >= 11 is 0. The first-order valence-electron chi connectivity index (χ1n) is 5.30. The van der Waals surface area contributed by atoms with Gasteiger partial charge in [0.1, 0.15) is 6.33 Å². The van der Waals surface area contributed by atoms with E-state index < -0.39 is 9.84 Å². The van der Waals surface area contributed by atoms with E-state index in [1.807, 2.05) is 6.92 Å². The predicted molar refractivity (Wildman–Crippen MR) is 61.6 cm³/mol. The van der Waals surface area contributed by atoms with Gasteiger partial charge in [-0.1, -0.05) is 6.92 Å².